The third-order valence-corrected chi connectivity index (χ3v) is 2.21. The standard InChI is InChI=1S/C6H14N4O2.C4H7NO4.C2H5NO2.H2N3/c7-4(5(11)12)2-1-3-10-6(8)9;5-2(4(8)9)1-3(6)7;3-1-2(4)5;1-3-2/h4H,1-3,7H2,(H,11,12)(H4,8,9,10);2H,1,5H2,(H,6,7)(H,8,9);1,3H2,(H,4,5);1-2H/q;;;+1. The average Bonchev–Trinajstić information content (AvgIpc) is 2.59. The highest BCUT2D eigenvalue weighted by molar-refractivity contribution is 5.80. The number of nitrogens with two attached hydrogens (primary N) is 4. The molecule has 0 rings (SSSR count). The first kappa shape index (κ1) is 33.0. The molecule has 17 heteroatoms. The minimum atomic E-state index is -1.29. The van der Waals surface area contributed by atoms with Gasteiger partial charge in [0.05, 0.1) is 13.0 Å². The van der Waals surface area contributed by atoms with Crippen molar-refractivity contribution in [2.45, 2.75) is 31.3 Å². The Morgan fingerprint density at radius 1 is 0.931 bits per heavy atom. The van der Waals surface area contributed by atoms with E-state index in [2.05, 4.69) is 11.1 Å². The maximum atomic E-state index is 10.2. The number of carboxylic acid groups (broad SMARTS) is 4. The van der Waals surface area contributed by atoms with Crippen molar-refractivity contribution in [3.8, 4) is 0 Å². The zero-order chi connectivity index (χ0) is 24.0. The van der Waals surface area contributed by atoms with E-state index in [0.717, 1.165) is 0 Å². The van der Waals surface area contributed by atoms with E-state index in [1.165, 1.54) is 0 Å². The molecule has 0 aliphatic carbocycles. The second kappa shape index (κ2) is 22.4. The van der Waals surface area contributed by atoms with E-state index < -0.39 is 42.4 Å². The largest absolute Gasteiger partial charge is 0.481 e. The molecular formula is C12H28N9O8+. The van der Waals surface area contributed by atoms with Gasteiger partial charge in [0.2, 0.25) is 4.91 Å². The van der Waals surface area contributed by atoms with E-state index >= 15 is 0 Å². The van der Waals surface area contributed by atoms with Crippen LogP contribution in [0.5, 0.6) is 0 Å². The predicted molar refractivity (Wildman–Crippen MR) is 96.9 cm³/mol. The fraction of sp³-hybridized carbons (Fsp3) is 0.583. The predicted octanol–water partition coefficient (Wildman–Crippen LogP) is -3.32. The molecule has 0 aliphatic heterocycles. The monoisotopic (exact) mass is 426 g/mol. The summed E-state index contributed by atoms with van der Waals surface area (Å²) in [7, 11) is 0. The summed E-state index contributed by atoms with van der Waals surface area (Å²) in [5, 5.41) is 41.3. The molecular weight excluding hydrogens is 398 g/mol. The zero-order valence-electron chi connectivity index (χ0n) is 15.4. The normalized spacial score (nSPS) is 10.4. The van der Waals surface area contributed by atoms with Crippen LogP contribution in [-0.2, 0) is 19.2 Å². The highest BCUT2D eigenvalue weighted by atomic mass is 16.4. The fourth-order valence-corrected chi connectivity index (χ4v) is 0.944. The number of carboxylic acids is 4. The summed E-state index contributed by atoms with van der Waals surface area (Å²) >= 11 is 0. The van der Waals surface area contributed by atoms with Gasteiger partial charge in [-0.15, -0.1) is 0 Å². The number of hydrogen-bond donors (Lipinski definition) is 12. The molecule has 0 spiro atoms. The van der Waals surface area contributed by atoms with Crippen LogP contribution in [0, 0.1) is 16.5 Å². The summed E-state index contributed by atoms with van der Waals surface area (Å²) in [5.74, 6) is -4.58. The lowest BCUT2D eigenvalue weighted by atomic mass is 10.2. The Morgan fingerprint density at radius 3 is 1.52 bits per heavy atom. The fourth-order valence-electron chi connectivity index (χ4n) is 0.944. The maximum Gasteiger partial charge on any atom is 0.321 e. The number of hydrogen-bond acceptors (Lipinski definition) is 10. The number of guanidine groups is 1. The molecule has 168 valence electrons. The van der Waals surface area contributed by atoms with Crippen molar-refractivity contribution >= 4 is 29.8 Å². The van der Waals surface area contributed by atoms with E-state index in [9.17, 15) is 19.2 Å². The van der Waals surface area contributed by atoms with Crippen LogP contribution in [-0.4, -0.2) is 75.4 Å². The van der Waals surface area contributed by atoms with Crippen molar-refractivity contribution in [1.29, 1.82) is 16.5 Å². The van der Waals surface area contributed by atoms with Gasteiger partial charge in [0.1, 0.15) is 23.1 Å². The Hall–Kier alpha value is -3.66. The van der Waals surface area contributed by atoms with Gasteiger partial charge in [-0.3, -0.25) is 24.6 Å². The van der Waals surface area contributed by atoms with Gasteiger partial charge in [-0.2, -0.15) is 0 Å². The van der Waals surface area contributed by atoms with Gasteiger partial charge in [-0.05, 0) is 12.8 Å². The lowest BCUT2D eigenvalue weighted by molar-refractivity contribution is -0.144. The van der Waals surface area contributed by atoms with Gasteiger partial charge in [-0.25, -0.2) is 0 Å². The molecule has 0 aromatic heterocycles. The lowest BCUT2D eigenvalue weighted by Crippen LogP contribution is -2.34. The Bertz CT molecular complexity index is 551. The first-order valence-corrected chi connectivity index (χ1v) is 7.48. The summed E-state index contributed by atoms with van der Waals surface area (Å²) < 4.78 is 0. The van der Waals surface area contributed by atoms with Crippen LogP contribution in [0.25, 0.3) is 0 Å². The van der Waals surface area contributed by atoms with E-state index in [0.29, 0.717) is 19.4 Å². The third kappa shape index (κ3) is 40.4. The van der Waals surface area contributed by atoms with Crippen LogP contribution < -0.4 is 33.2 Å². The Kier molecular flexibility index (Phi) is 25.4. The van der Waals surface area contributed by atoms with Crippen LogP contribution in [0.3, 0.4) is 0 Å². The summed E-state index contributed by atoms with van der Waals surface area (Å²) in [6, 6.07) is -2.11. The number of rotatable bonds is 9. The van der Waals surface area contributed by atoms with Gasteiger partial charge in [0.15, 0.2) is 5.96 Å². The van der Waals surface area contributed by atoms with Gasteiger partial charge in [0, 0.05) is 6.54 Å². The van der Waals surface area contributed by atoms with E-state index in [4.69, 9.17) is 54.1 Å². The molecule has 0 saturated carbocycles. The van der Waals surface area contributed by atoms with Crippen molar-refractivity contribution in [3.05, 3.63) is 0 Å². The van der Waals surface area contributed by atoms with Gasteiger partial charge in [0.25, 0.3) is 0 Å². The third-order valence-electron chi connectivity index (χ3n) is 2.21. The Morgan fingerprint density at radius 2 is 1.31 bits per heavy atom. The molecule has 17 nitrogen and oxygen atoms in total. The minimum absolute atomic E-state index is 0.112. The topological polar surface area (TPSA) is 351 Å². The van der Waals surface area contributed by atoms with Gasteiger partial charge >= 0.3 is 23.9 Å². The van der Waals surface area contributed by atoms with E-state index in [-0.39, 0.29) is 12.5 Å². The van der Waals surface area contributed by atoms with Gasteiger partial charge in [-0.1, -0.05) is 0 Å². The summed E-state index contributed by atoms with van der Waals surface area (Å²) in [5.41, 5.74) is 30.6. The van der Waals surface area contributed by atoms with Crippen molar-refractivity contribution in [2.75, 3.05) is 13.1 Å². The highest BCUT2D eigenvalue weighted by Gasteiger charge is 2.14. The molecule has 0 aromatic carbocycles. The molecule has 2 atom stereocenters. The molecule has 2 unspecified atom stereocenters. The molecule has 0 fully saturated rings. The van der Waals surface area contributed by atoms with E-state index in [1.54, 1.807) is 0 Å². The van der Waals surface area contributed by atoms with Crippen LogP contribution in [0.15, 0.2) is 0 Å². The summed E-state index contributed by atoms with van der Waals surface area (Å²) in [6.45, 7) is 0.205. The van der Waals surface area contributed by atoms with Crippen molar-refractivity contribution in [3.63, 3.8) is 0 Å². The second-order valence-corrected chi connectivity index (χ2v) is 4.68. The molecule has 16 N–H and O–H groups in total. The number of nitrogens with zero attached hydrogens (tertiary/aromatic N) is 1. The molecule has 0 aromatic rings. The lowest BCUT2D eigenvalue weighted by Gasteiger charge is -2.06. The summed E-state index contributed by atoms with van der Waals surface area (Å²) in [6.07, 6.45) is 0.442. The molecule has 0 aliphatic rings. The highest BCUT2D eigenvalue weighted by Crippen LogP contribution is 1.92. The number of aliphatic carboxylic acids is 4. The molecule has 0 amide bonds. The first-order valence-electron chi connectivity index (χ1n) is 7.48. The zero-order valence-corrected chi connectivity index (χ0v) is 15.4. The molecule has 0 saturated heterocycles. The van der Waals surface area contributed by atoms with Crippen LogP contribution in [0.2, 0.25) is 0 Å². The van der Waals surface area contributed by atoms with Gasteiger partial charge < -0.3 is 48.7 Å². The van der Waals surface area contributed by atoms with Crippen molar-refractivity contribution in [2.24, 2.45) is 22.9 Å². The number of nitrogens with one attached hydrogen (secondary N) is 4. The Balaban J connectivity index is -0.000000161. The molecule has 0 heterocycles. The van der Waals surface area contributed by atoms with Crippen LogP contribution in [0.1, 0.15) is 19.3 Å². The smallest absolute Gasteiger partial charge is 0.321 e. The van der Waals surface area contributed by atoms with Crippen LogP contribution >= 0.6 is 0 Å². The molecule has 29 heavy (non-hydrogen) atoms. The minimum Gasteiger partial charge on any atom is -0.481 e. The van der Waals surface area contributed by atoms with E-state index in [1.807, 2.05) is 4.91 Å². The quantitative estimate of drug-likeness (QED) is 0.0564. The van der Waals surface area contributed by atoms with Crippen molar-refractivity contribution in [1.82, 2.24) is 10.2 Å². The average molecular weight is 426 g/mol. The molecule has 0 radical (unpaired) electrons. The second-order valence-electron chi connectivity index (χ2n) is 4.68. The van der Waals surface area contributed by atoms with Crippen molar-refractivity contribution < 1.29 is 39.6 Å². The Labute approximate surface area is 164 Å². The van der Waals surface area contributed by atoms with Crippen LogP contribution in [0.4, 0.5) is 0 Å². The number of carbonyl (C=O) groups is 4. The first-order chi connectivity index (χ1) is 13.3. The SMILES string of the molecule is N=C(N)NCCCC(N)C(=O)O.N=[N+]=N.NC(CC(=O)O)C(=O)O.NCC(=O)O. The summed E-state index contributed by atoms with van der Waals surface area (Å²) in [4.78, 5) is 41.1. The molecule has 0 bridgehead atoms. The maximum absolute atomic E-state index is 10.2.